The Balaban J connectivity index is 1.57. The van der Waals surface area contributed by atoms with E-state index in [1.165, 1.54) is 11.8 Å². The minimum absolute atomic E-state index is 0.000289. The van der Waals surface area contributed by atoms with Gasteiger partial charge in [-0.1, -0.05) is 55.3 Å². The number of nitrogens with zero attached hydrogens (tertiary/aromatic N) is 3. The summed E-state index contributed by atoms with van der Waals surface area (Å²) in [4.78, 5) is 24.5. The number of anilines is 1. The molecule has 1 heterocycles. The molecule has 6 nitrogen and oxygen atoms in total. The molecule has 3 aromatic rings. The predicted molar refractivity (Wildman–Crippen MR) is 126 cm³/mol. The normalized spacial score (nSPS) is 10.8. The van der Waals surface area contributed by atoms with E-state index in [0.29, 0.717) is 33.7 Å². The van der Waals surface area contributed by atoms with Crippen molar-refractivity contribution >= 4 is 40.7 Å². The molecule has 31 heavy (non-hydrogen) atoms. The lowest BCUT2D eigenvalue weighted by Gasteiger charge is -2.07. The number of thioether (sulfide) groups is 1. The Morgan fingerprint density at radius 2 is 1.81 bits per heavy atom. The van der Waals surface area contributed by atoms with Crippen LogP contribution in [0.25, 0.3) is 11.4 Å². The zero-order chi connectivity index (χ0) is 22.2. The average Bonchev–Trinajstić information content (AvgIpc) is 3.13. The molecule has 8 heteroatoms. The molecule has 3 rings (SSSR count). The van der Waals surface area contributed by atoms with Crippen molar-refractivity contribution in [2.24, 2.45) is 7.05 Å². The number of halogens is 1. The van der Waals surface area contributed by atoms with Crippen molar-refractivity contribution in [1.82, 2.24) is 14.8 Å². The van der Waals surface area contributed by atoms with Gasteiger partial charge in [-0.3, -0.25) is 9.59 Å². The van der Waals surface area contributed by atoms with Gasteiger partial charge in [0.2, 0.25) is 5.91 Å². The number of hydrogen-bond acceptors (Lipinski definition) is 5. The van der Waals surface area contributed by atoms with Crippen LogP contribution in [0.2, 0.25) is 5.02 Å². The van der Waals surface area contributed by atoms with Crippen molar-refractivity contribution < 1.29 is 9.59 Å². The highest BCUT2D eigenvalue weighted by molar-refractivity contribution is 7.99. The second kappa shape index (κ2) is 11.1. The maximum absolute atomic E-state index is 12.6. The summed E-state index contributed by atoms with van der Waals surface area (Å²) < 4.78 is 1.83. The number of unbranched alkanes of at least 4 members (excludes halogenated alkanes) is 2. The number of amides is 1. The van der Waals surface area contributed by atoms with Crippen LogP contribution in [0.4, 0.5) is 5.69 Å². The van der Waals surface area contributed by atoms with Gasteiger partial charge in [-0.15, -0.1) is 10.2 Å². The number of aromatic nitrogens is 3. The van der Waals surface area contributed by atoms with Gasteiger partial charge in [0.1, 0.15) is 0 Å². The second-order valence-corrected chi connectivity index (χ2v) is 8.49. The third-order valence-electron chi connectivity index (χ3n) is 4.78. The summed E-state index contributed by atoms with van der Waals surface area (Å²) >= 11 is 7.58. The van der Waals surface area contributed by atoms with Crippen molar-refractivity contribution in [3.63, 3.8) is 0 Å². The van der Waals surface area contributed by atoms with E-state index in [1.807, 2.05) is 29.8 Å². The molecule has 1 N–H and O–H groups in total. The van der Waals surface area contributed by atoms with Gasteiger partial charge in [0.05, 0.1) is 10.8 Å². The highest BCUT2D eigenvalue weighted by atomic mass is 35.5. The summed E-state index contributed by atoms with van der Waals surface area (Å²) in [6.45, 7) is 2.11. The standard InChI is InChI=1S/C23H25ClN4O2S/c1-3-4-5-10-21(30)25-17-13-11-16(12-14-17)20(29)15-31-23-27-26-22(28(23)2)18-8-6-7-9-19(18)24/h6-9,11-14H,3-5,10,15H2,1-2H3,(H,25,30). The Morgan fingerprint density at radius 1 is 1.06 bits per heavy atom. The Kier molecular flexibility index (Phi) is 8.26. The molecule has 162 valence electrons. The van der Waals surface area contributed by atoms with Crippen LogP contribution in [0.5, 0.6) is 0 Å². The third kappa shape index (κ3) is 6.18. The predicted octanol–water partition coefficient (Wildman–Crippen LogP) is 5.63. The minimum atomic E-state index is -0.0203. The molecule has 0 fully saturated rings. The Morgan fingerprint density at radius 3 is 2.52 bits per heavy atom. The molecular weight excluding hydrogens is 432 g/mol. The molecule has 0 radical (unpaired) electrons. The first-order chi connectivity index (χ1) is 15.0. The minimum Gasteiger partial charge on any atom is -0.326 e. The van der Waals surface area contributed by atoms with Crippen LogP contribution in [0.3, 0.4) is 0 Å². The quantitative estimate of drug-likeness (QED) is 0.243. The van der Waals surface area contributed by atoms with Crippen LogP contribution in [-0.4, -0.2) is 32.2 Å². The Labute approximate surface area is 191 Å². The average molecular weight is 457 g/mol. The van der Waals surface area contributed by atoms with Gasteiger partial charge in [-0.2, -0.15) is 0 Å². The first-order valence-electron chi connectivity index (χ1n) is 10.2. The largest absolute Gasteiger partial charge is 0.326 e. The molecule has 0 aliphatic carbocycles. The fourth-order valence-corrected chi connectivity index (χ4v) is 4.06. The lowest BCUT2D eigenvalue weighted by atomic mass is 10.1. The van der Waals surface area contributed by atoms with Gasteiger partial charge in [-0.25, -0.2) is 0 Å². The molecule has 1 aromatic heterocycles. The number of benzene rings is 2. The van der Waals surface area contributed by atoms with E-state index in [9.17, 15) is 9.59 Å². The highest BCUT2D eigenvalue weighted by Gasteiger charge is 2.15. The first-order valence-corrected chi connectivity index (χ1v) is 11.6. The number of ketones is 1. The number of Topliss-reactive ketones (excluding diaryl/α,β-unsaturated/α-hetero) is 1. The van der Waals surface area contributed by atoms with E-state index in [0.717, 1.165) is 24.8 Å². The fraction of sp³-hybridized carbons (Fsp3) is 0.304. The molecule has 0 unspecified atom stereocenters. The monoisotopic (exact) mass is 456 g/mol. The SMILES string of the molecule is CCCCCC(=O)Nc1ccc(C(=O)CSc2nnc(-c3ccccc3Cl)n2C)cc1. The summed E-state index contributed by atoms with van der Waals surface area (Å²) in [5, 5.41) is 12.5. The summed E-state index contributed by atoms with van der Waals surface area (Å²) in [5.74, 6) is 0.865. The van der Waals surface area contributed by atoms with Crippen molar-refractivity contribution in [1.29, 1.82) is 0 Å². The number of rotatable bonds is 10. The number of nitrogens with one attached hydrogen (secondary N) is 1. The fourth-order valence-electron chi connectivity index (χ4n) is 3.03. The van der Waals surface area contributed by atoms with E-state index < -0.39 is 0 Å². The molecule has 0 aliphatic heterocycles. The van der Waals surface area contributed by atoms with Crippen molar-refractivity contribution in [3.8, 4) is 11.4 Å². The molecule has 0 saturated carbocycles. The summed E-state index contributed by atoms with van der Waals surface area (Å²) in [7, 11) is 1.85. The van der Waals surface area contributed by atoms with E-state index in [-0.39, 0.29) is 17.4 Å². The van der Waals surface area contributed by atoms with Crippen LogP contribution >= 0.6 is 23.4 Å². The van der Waals surface area contributed by atoms with E-state index >= 15 is 0 Å². The van der Waals surface area contributed by atoms with Crippen LogP contribution in [0.15, 0.2) is 53.7 Å². The molecule has 1 amide bonds. The highest BCUT2D eigenvalue weighted by Crippen LogP contribution is 2.28. The topological polar surface area (TPSA) is 76.9 Å². The lowest BCUT2D eigenvalue weighted by molar-refractivity contribution is -0.116. The summed E-state index contributed by atoms with van der Waals surface area (Å²) in [6.07, 6.45) is 3.52. The van der Waals surface area contributed by atoms with Gasteiger partial charge in [-0.05, 0) is 42.8 Å². The van der Waals surface area contributed by atoms with E-state index in [1.54, 1.807) is 30.3 Å². The lowest BCUT2D eigenvalue weighted by Crippen LogP contribution is -2.11. The molecule has 2 aromatic carbocycles. The third-order valence-corrected chi connectivity index (χ3v) is 6.13. The zero-order valence-electron chi connectivity index (χ0n) is 17.6. The van der Waals surface area contributed by atoms with Crippen LogP contribution in [-0.2, 0) is 11.8 Å². The number of carbonyl (C=O) groups is 2. The zero-order valence-corrected chi connectivity index (χ0v) is 19.2. The molecular formula is C23H25ClN4O2S. The number of hydrogen-bond donors (Lipinski definition) is 1. The number of carbonyl (C=O) groups excluding carboxylic acids is 2. The maximum Gasteiger partial charge on any atom is 0.224 e. The summed E-state index contributed by atoms with van der Waals surface area (Å²) in [5.41, 5.74) is 2.08. The Hall–Kier alpha value is -2.64. The van der Waals surface area contributed by atoms with Crippen LogP contribution in [0, 0.1) is 0 Å². The van der Waals surface area contributed by atoms with Crippen molar-refractivity contribution in [2.75, 3.05) is 11.1 Å². The van der Waals surface area contributed by atoms with Gasteiger partial charge >= 0.3 is 0 Å². The molecule has 0 spiro atoms. The van der Waals surface area contributed by atoms with Gasteiger partial charge < -0.3 is 9.88 Å². The van der Waals surface area contributed by atoms with E-state index in [4.69, 9.17) is 11.6 Å². The van der Waals surface area contributed by atoms with Crippen LogP contribution < -0.4 is 5.32 Å². The van der Waals surface area contributed by atoms with Gasteiger partial charge in [0.15, 0.2) is 16.8 Å². The molecule has 0 bridgehead atoms. The van der Waals surface area contributed by atoms with Gasteiger partial charge in [0.25, 0.3) is 0 Å². The Bertz CT molecular complexity index is 1050. The van der Waals surface area contributed by atoms with Gasteiger partial charge in [0, 0.05) is 30.3 Å². The maximum atomic E-state index is 12.6. The first kappa shape index (κ1) is 23.0. The van der Waals surface area contributed by atoms with Crippen molar-refractivity contribution in [3.05, 3.63) is 59.1 Å². The summed E-state index contributed by atoms with van der Waals surface area (Å²) in [6, 6.07) is 14.4. The van der Waals surface area contributed by atoms with Crippen molar-refractivity contribution in [2.45, 2.75) is 37.8 Å². The molecule has 0 aliphatic rings. The second-order valence-electron chi connectivity index (χ2n) is 7.14. The molecule has 0 saturated heterocycles. The molecule has 0 atom stereocenters. The van der Waals surface area contributed by atoms with Crippen LogP contribution in [0.1, 0.15) is 43.0 Å². The van der Waals surface area contributed by atoms with E-state index in [2.05, 4.69) is 22.4 Å². The smallest absolute Gasteiger partial charge is 0.224 e.